The quantitative estimate of drug-likeness (QED) is 0.777. The van der Waals surface area contributed by atoms with Crippen LogP contribution in [0.4, 0.5) is 4.39 Å². The van der Waals surface area contributed by atoms with Crippen LogP contribution in [0.1, 0.15) is 49.7 Å². The van der Waals surface area contributed by atoms with E-state index >= 15 is 0 Å². The Hall–Kier alpha value is -2.22. The Balaban J connectivity index is 1.76. The summed E-state index contributed by atoms with van der Waals surface area (Å²) in [5, 5.41) is 12.3. The molecule has 1 heterocycles. The smallest absolute Gasteiger partial charge is 0.399 e. The first-order valence-electron chi connectivity index (χ1n) is 9.26. The molecule has 0 bridgehead atoms. The maximum absolute atomic E-state index is 14.7. The molecule has 1 aliphatic rings. The van der Waals surface area contributed by atoms with Crippen LogP contribution in [-0.2, 0) is 9.31 Å². The largest absolute Gasteiger partial charge is 0.494 e. The van der Waals surface area contributed by atoms with Crippen molar-refractivity contribution in [1.29, 1.82) is 0 Å². The van der Waals surface area contributed by atoms with Gasteiger partial charge in [0.15, 0.2) is 0 Å². The maximum Gasteiger partial charge on any atom is 0.494 e. The zero-order valence-corrected chi connectivity index (χ0v) is 16.5. The summed E-state index contributed by atoms with van der Waals surface area (Å²) in [6.07, 6.45) is 0. The van der Waals surface area contributed by atoms with E-state index in [1.807, 2.05) is 45.9 Å². The molecule has 2 aromatic rings. The standard InChI is InChI=1S/C21H25BFNO4/c1-20(2)21(3,4)28-22(27-20)15-10-11-16(17(23)12-15)19(26)24-18(13-25)14-8-6-5-7-9-14/h5-12,18,25H,13H2,1-4H3,(H,24,26)/t18-/m1/s1. The molecule has 0 spiro atoms. The summed E-state index contributed by atoms with van der Waals surface area (Å²) in [5.41, 5.74) is 0.0827. The highest BCUT2D eigenvalue weighted by Gasteiger charge is 2.51. The summed E-state index contributed by atoms with van der Waals surface area (Å²) in [6.45, 7) is 7.39. The van der Waals surface area contributed by atoms with Gasteiger partial charge in [0.1, 0.15) is 5.82 Å². The van der Waals surface area contributed by atoms with Crippen LogP contribution in [-0.4, -0.2) is 35.9 Å². The number of rotatable bonds is 5. The van der Waals surface area contributed by atoms with Crippen LogP contribution in [0.15, 0.2) is 48.5 Å². The van der Waals surface area contributed by atoms with Crippen molar-refractivity contribution in [2.45, 2.75) is 44.9 Å². The molecule has 0 saturated carbocycles. The number of hydrogen-bond donors (Lipinski definition) is 2. The Morgan fingerprint density at radius 2 is 1.71 bits per heavy atom. The summed E-state index contributed by atoms with van der Waals surface area (Å²) < 4.78 is 26.5. The fourth-order valence-electron chi connectivity index (χ4n) is 3.00. The molecule has 3 rings (SSSR count). The molecule has 28 heavy (non-hydrogen) atoms. The van der Waals surface area contributed by atoms with Crippen LogP contribution >= 0.6 is 0 Å². The minimum atomic E-state index is -0.703. The van der Waals surface area contributed by atoms with E-state index < -0.39 is 36.1 Å². The van der Waals surface area contributed by atoms with Crippen molar-refractivity contribution in [3.63, 3.8) is 0 Å². The van der Waals surface area contributed by atoms with Crippen LogP contribution in [0.5, 0.6) is 0 Å². The Morgan fingerprint density at radius 3 is 2.25 bits per heavy atom. The molecule has 0 unspecified atom stereocenters. The molecule has 0 aromatic heterocycles. The van der Waals surface area contributed by atoms with Gasteiger partial charge in [-0.25, -0.2) is 4.39 Å². The lowest BCUT2D eigenvalue weighted by molar-refractivity contribution is 0.00578. The Bertz CT molecular complexity index is 841. The van der Waals surface area contributed by atoms with Crippen LogP contribution in [0.2, 0.25) is 0 Å². The molecule has 0 aliphatic carbocycles. The van der Waals surface area contributed by atoms with Gasteiger partial charge in [0.25, 0.3) is 5.91 Å². The number of nitrogens with one attached hydrogen (secondary N) is 1. The van der Waals surface area contributed by atoms with Crippen molar-refractivity contribution in [3.8, 4) is 0 Å². The fourth-order valence-corrected chi connectivity index (χ4v) is 3.00. The van der Waals surface area contributed by atoms with Gasteiger partial charge in [0.05, 0.1) is 29.4 Å². The average molecular weight is 385 g/mol. The highest BCUT2D eigenvalue weighted by Crippen LogP contribution is 2.36. The molecule has 1 fully saturated rings. The Labute approximate surface area is 165 Å². The molecule has 1 aliphatic heterocycles. The molecule has 7 heteroatoms. The molecule has 1 atom stereocenters. The number of aliphatic hydroxyl groups excluding tert-OH is 1. The van der Waals surface area contributed by atoms with E-state index in [1.54, 1.807) is 18.2 Å². The second-order valence-corrected chi connectivity index (χ2v) is 7.95. The normalized spacial score (nSPS) is 18.7. The summed E-state index contributed by atoms with van der Waals surface area (Å²) >= 11 is 0. The highest BCUT2D eigenvalue weighted by atomic mass is 19.1. The highest BCUT2D eigenvalue weighted by molar-refractivity contribution is 6.62. The third kappa shape index (κ3) is 3.97. The molecule has 148 valence electrons. The number of amides is 1. The molecule has 1 amide bonds. The predicted molar refractivity (Wildman–Crippen MR) is 106 cm³/mol. The van der Waals surface area contributed by atoms with Crippen LogP contribution < -0.4 is 10.8 Å². The number of carbonyl (C=O) groups is 1. The lowest BCUT2D eigenvalue weighted by atomic mass is 9.78. The summed E-state index contributed by atoms with van der Waals surface area (Å²) in [6, 6.07) is 12.7. The summed E-state index contributed by atoms with van der Waals surface area (Å²) in [7, 11) is -0.703. The second kappa shape index (κ2) is 7.66. The topological polar surface area (TPSA) is 67.8 Å². The summed E-state index contributed by atoms with van der Waals surface area (Å²) in [5.74, 6) is -1.27. The lowest BCUT2D eigenvalue weighted by Gasteiger charge is -2.32. The van der Waals surface area contributed by atoms with E-state index in [2.05, 4.69) is 5.32 Å². The Morgan fingerprint density at radius 1 is 1.11 bits per heavy atom. The van der Waals surface area contributed by atoms with Gasteiger partial charge in [-0.2, -0.15) is 0 Å². The lowest BCUT2D eigenvalue weighted by Crippen LogP contribution is -2.41. The second-order valence-electron chi connectivity index (χ2n) is 7.95. The first-order valence-corrected chi connectivity index (χ1v) is 9.26. The monoisotopic (exact) mass is 385 g/mol. The van der Waals surface area contributed by atoms with Crippen molar-refractivity contribution in [1.82, 2.24) is 5.32 Å². The SMILES string of the molecule is CC1(C)OB(c2ccc(C(=O)N[C@H](CO)c3ccccc3)c(F)c2)OC1(C)C. The van der Waals surface area contributed by atoms with E-state index in [0.717, 1.165) is 5.56 Å². The summed E-state index contributed by atoms with van der Waals surface area (Å²) in [4.78, 5) is 12.5. The van der Waals surface area contributed by atoms with Crippen LogP contribution in [0.25, 0.3) is 0 Å². The Kier molecular flexibility index (Phi) is 5.61. The molecular formula is C21H25BFNO4. The van der Waals surface area contributed by atoms with Crippen molar-refractivity contribution < 1.29 is 23.6 Å². The third-order valence-electron chi connectivity index (χ3n) is 5.45. The predicted octanol–water partition coefficient (Wildman–Crippen LogP) is 2.59. The zero-order valence-electron chi connectivity index (χ0n) is 16.5. The minimum Gasteiger partial charge on any atom is -0.399 e. The first kappa shape index (κ1) is 20.5. The third-order valence-corrected chi connectivity index (χ3v) is 5.45. The van der Waals surface area contributed by atoms with E-state index in [1.165, 1.54) is 12.1 Å². The van der Waals surface area contributed by atoms with Gasteiger partial charge in [-0.05, 0) is 50.9 Å². The fraction of sp³-hybridized carbons (Fsp3) is 0.381. The van der Waals surface area contributed by atoms with Gasteiger partial charge in [-0.1, -0.05) is 36.4 Å². The van der Waals surface area contributed by atoms with Crippen LogP contribution in [0.3, 0.4) is 0 Å². The van der Waals surface area contributed by atoms with Gasteiger partial charge < -0.3 is 19.7 Å². The number of carbonyl (C=O) groups excluding carboxylic acids is 1. The van der Waals surface area contributed by atoms with E-state index in [9.17, 15) is 14.3 Å². The number of aliphatic hydroxyl groups is 1. The average Bonchev–Trinajstić information content (AvgIpc) is 2.87. The number of halogens is 1. The first-order chi connectivity index (χ1) is 13.1. The van der Waals surface area contributed by atoms with Gasteiger partial charge in [0.2, 0.25) is 0 Å². The van der Waals surface area contributed by atoms with Gasteiger partial charge in [-0.3, -0.25) is 4.79 Å². The molecule has 2 N–H and O–H groups in total. The van der Waals surface area contributed by atoms with E-state index in [4.69, 9.17) is 9.31 Å². The molecular weight excluding hydrogens is 360 g/mol. The molecule has 5 nitrogen and oxygen atoms in total. The van der Waals surface area contributed by atoms with Crippen molar-refractivity contribution in [2.75, 3.05) is 6.61 Å². The van der Waals surface area contributed by atoms with Gasteiger partial charge >= 0.3 is 7.12 Å². The number of benzene rings is 2. The van der Waals surface area contributed by atoms with Crippen molar-refractivity contribution >= 4 is 18.5 Å². The molecule has 1 saturated heterocycles. The van der Waals surface area contributed by atoms with E-state index in [0.29, 0.717) is 5.46 Å². The number of hydrogen-bond acceptors (Lipinski definition) is 4. The van der Waals surface area contributed by atoms with Gasteiger partial charge in [0, 0.05) is 0 Å². The van der Waals surface area contributed by atoms with Crippen LogP contribution in [0, 0.1) is 5.82 Å². The molecule has 2 aromatic carbocycles. The maximum atomic E-state index is 14.7. The zero-order chi connectivity index (χ0) is 20.5. The van der Waals surface area contributed by atoms with E-state index in [-0.39, 0.29) is 12.2 Å². The van der Waals surface area contributed by atoms with Gasteiger partial charge in [-0.15, -0.1) is 0 Å². The van der Waals surface area contributed by atoms with Crippen molar-refractivity contribution in [3.05, 3.63) is 65.5 Å². The minimum absolute atomic E-state index is 0.102. The molecule has 0 radical (unpaired) electrons. The van der Waals surface area contributed by atoms with Crippen molar-refractivity contribution in [2.24, 2.45) is 0 Å².